The first-order valence-electron chi connectivity index (χ1n) is 15.0. The zero-order valence-electron chi connectivity index (χ0n) is 25.0. The number of para-hydroxylation sites is 1. The van der Waals surface area contributed by atoms with Gasteiger partial charge in [-0.25, -0.2) is 8.42 Å². The first-order valence-corrected chi connectivity index (χ1v) is 17.7. The Labute approximate surface area is 264 Å². The predicted octanol–water partition coefficient (Wildman–Crippen LogP) is 6.39. The van der Waals surface area contributed by atoms with Gasteiger partial charge in [0.15, 0.2) is 0 Å². The molecule has 1 aliphatic rings. The fourth-order valence-corrected chi connectivity index (χ4v) is 7.00. The number of sulfonamides is 1. The van der Waals surface area contributed by atoms with Gasteiger partial charge in [0.25, 0.3) is 0 Å². The number of amides is 2. The smallest absolute Gasteiger partial charge is 0.243 e. The zero-order chi connectivity index (χ0) is 30.8. The van der Waals surface area contributed by atoms with Crippen LogP contribution in [-0.2, 0) is 32.6 Å². The Morgan fingerprint density at radius 1 is 0.907 bits per heavy atom. The average Bonchev–Trinajstić information content (AvgIpc) is 2.99. The number of carbonyl (C=O) groups is 2. The van der Waals surface area contributed by atoms with Crippen LogP contribution in [-0.4, -0.2) is 50.0 Å². The molecule has 0 aromatic heterocycles. The quantitative estimate of drug-likeness (QED) is 0.229. The molecule has 1 fully saturated rings. The van der Waals surface area contributed by atoms with Crippen LogP contribution in [0.3, 0.4) is 0 Å². The molecule has 0 saturated heterocycles. The molecule has 3 aromatic rings. The molecule has 9 heteroatoms. The van der Waals surface area contributed by atoms with Gasteiger partial charge in [0.05, 0.1) is 11.9 Å². The monoisotopic (exact) mass is 667 g/mol. The number of anilines is 1. The summed E-state index contributed by atoms with van der Waals surface area (Å²) in [4.78, 5) is 29.7. The SMILES string of the molecule is Cc1ccccc1N(CCCC(=O)N(Cc1ccc(Br)cc1)[C@H](Cc1ccccc1)C(=O)NC1CCCCC1)S(C)(=O)=O. The van der Waals surface area contributed by atoms with Crippen molar-refractivity contribution in [2.75, 3.05) is 17.1 Å². The number of nitrogens with one attached hydrogen (secondary N) is 1. The van der Waals surface area contributed by atoms with Crippen LogP contribution < -0.4 is 9.62 Å². The summed E-state index contributed by atoms with van der Waals surface area (Å²) < 4.78 is 27.8. The minimum Gasteiger partial charge on any atom is -0.352 e. The van der Waals surface area contributed by atoms with E-state index in [9.17, 15) is 18.0 Å². The van der Waals surface area contributed by atoms with Gasteiger partial charge >= 0.3 is 0 Å². The molecule has 43 heavy (non-hydrogen) atoms. The summed E-state index contributed by atoms with van der Waals surface area (Å²) in [5.41, 5.74) is 3.34. The molecule has 0 heterocycles. The predicted molar refractivity (Wildman–Crippen MR) is 176 cm³/mol. The third-order valence-electron chi connectivity index (χ3n) is 8.03. The van der Waals surface area contributed by atoms with Crippen LogP contribution in [0.1, 0.15) is 61.6 Å². The number of hydrogen-bond acceptors (Lipinski definition) is 4. The van der Waals surface area contributed by atoms with Gasteiger partial charge in [-0.3, -0.25) is 13.9 Å². The van der Waals surface area contributed by atoms with E-state index in [2.05, 4.69) is 21.2 Å². The maximum absolute atomic E-state index is 14.0. The highest BCUT2D eigenvalue weighted by Crippen LogP contribution is 2.24. The van der Waals surface area contributed by atoms with Gasteiger partial charge in [0.2, 0.25) is 21.8 Å². The Morgan fingerprint density at radius 3 is 2.21 bits per heavy atom. The number of benzene rings is 3. The van der Waals surface area contributed by atoms with E-state index in [1.54, 1.807) is 11.0 Å². The van der Waals surface area contributed by atoms with Crippen LogP contribution in [0.15, 0.2) is 83.3 Å². The van der Waals surface area contributed by atoms with Crippen molar-refractivity contribution in [1.82, 2.24) is 10.2 Å². The molecule has 0 spiro atoms. The Kier molecular flexibility index (Phi) is 11.8. The lowest BCUT2D eigenvalue weighted by atomic mass is 9.94. The summed E-state index contributed by atoms with van der Waals surface area (Å²) in [5.74, 6) is -0.320. The molecule has 1 atom stereocenters. The maximum Gasteiger partial charge on any atom is 0.243 e. The molecule has 0 bridgehead atoms. The van der Waals surface area contributed by atoms with E-state index < -0.39 is 16.1 Å². The van der Waals surface area contributed by atoms with Crippen LogP contribution in [0.25, 0.3) is 0 Å². The van der Waals surface area contributed by atoms with E-state index in [0.717, 1.165) is 46.8 Å². The Hall–Kier alpha value is -3.17. The largest absolute Gasteiger partial charge is 0.352 e. The second-order valence-electron chi connectivity index (χ2n) is 11.4. The van der Waals surface area contributed by atoms with Crippen molar-refractivity contribution in [3.05, 3.63) is 100 Å². The minimum atomic E-state index is -3.56. The number of aryl methyl sites for hydroxylation is 1. The van der Waals surface area contributed by atoms with Crippen LogP contribution in [0, 0.1) is 6.92 Å². The molecular formula is C34H42BrN3O4S. The van der Waals surface area contributed by atoms with Crippen molar-refractivity contribution in [3.63, 3.8) is 0 Å². The van der Waals surface area contributed by atoms with E-state index in [1.165, 1.54) is 17.0 Å². The zero-order valence-corrected chi connectivity index (χ0v) is 27.4. The number of halogens is 1. The van der Waals surface area contributed by atoms with Gasteiger partial charge < -0.3 is 10.2 Å². The normalized spacial score (nSPS) is 14.6. The average molecular weight is 669 g/mol. The van der Waals surface area contributed by atoms with Gasteiger partial charge in [0, 0.05) is 36.4 Å². The molecule has 0 radical (unpaired) electrons. The first-order chi connectivity index (χ1) is 20.6. The van der Waals surface area contributed by atoms with Crippen molar-refractivity contribution in [3.8, 4) is 0 Å². The first kappa shape index (κ1) is 32.7. The molecule has 7 nitrogen and oxygen atoms in total. The van der Waals surface area contributed by atoms with E-state index in [1.807, 2.05) is 79.7 Å². The Bertz CT molecular complexity index is 1460. The van der Waals surface area contributed by atoms with Crippen molar-refractivity contribution in [2.45, 2.75) is 76.9 Å². The molecule has 2 amide bonds. The second-order valence-corrected chi connectivity index (χ2v) is 14.2. The second kappa shape index (κ2) is 15.5. The number of hydrogen-bond donors (Lipinski definition) is 1. The molecule has 0 aliphatic heterocycles. The standard InChI is InChI=1S/C34H42BrN3O4S/c1-26-12-9-10-17-31(26)38(43(2,41)42)23-11-18-33(39)37(25-28-19-21-29(35)22-20-28)32(24-27-13-5-3-6-14-27)34(40)36-30-15-7-4-8-16-30/h3,5-6,9-10,12-14,17,19-22,30,32H,4,7-8,11,15-16,18,23-25H2,1-2H3,(H,36,40)/t32-/m1/s1. The summed E-state index contributed by atoms with van der Waals surface area (Å²) in [7, 11) is -3.56. The molecule has 1 saturated carbocycles. The highest BCUT2D eigenvalue weighted by molar-refractivity contribution is 9.10. The number of nitrogens with zero attached hydrogens (tertiary/aromatic N) is 2. The van der Waals surface area contributed by atoms with E-state index in [-0.39, 0.29) is 37.4 Å². The molecule has 0 unspecified atom stereocenters. The molecule has 1 aliphatic carbocycles. The Balaban J connectivity index is 1.59. The molecule has 1 N–H and O–H groups in total. The van der Waals surface area contributed by atoms with Crippen molar-refractivity contribution in [2.24, 2.45) is 0 Å². The lowest BCUT2D eigenvalue weighted by Gasteiger charge is -2.34. The van der Waals surface area contributed by atoms with Crippen molar-refractivity contribution >= 4 is 43.5 Å². The maximum atomic E-state index is 14.0. The molecular weight excluding hydrogens is 626 g/mol. The van der Waals surface area contributed by atoms with Gasteiger partial charge in [-0.2, -0.15) is 0 Å². The summed E-state index contributed by atoms with van der Waals surface area (Å²) >= 11 is 3.48. The Morgan fingerprint density at radius 2 is 1.56 bits per heavy atom. The van der Waals surface area contributed by atoms with E-state index in [4.69, 9.17) is 0 Å². The van der Waals surface area contributed by atoms with Crippen molar-refractivity contribution in [1.29, 1.82) is 0 Å². The molecule has 3 aromatic carbocycles. The molecule has 4 rings (SSSR count). The van der Waals surface area contributed by atoms with E-state index in [0.29, 0.717) is 18.5 Å². The summed E-state index contributed by atoms with van der Waals surface area (Å²) in [5, 5.41) is 3.26. The fraction of sp³-hybridized carbons (Fsp3) is 0.412. The highest BCUT2D eigenvalue weighted by atomic mass is 79.9. The van der Waals surface area contributed by atoms with Crippen LogP contribution in [0.5, 0.6) is 0 Å². The van der Waals surface area contributed by atoms with E-state index >= 15 is 0 Å². The molecule has 230 valence electrons. The minimum absolute atomic E-state index is 0.108. The lowest BCUT2D eigenvalue weighted by molar-refractivity contribution is -0.141. The van der Waals surface area contributed by atoms with Crippen LogP contribution in [0.2, 0.25) is 0 Å². The van der Waals surface area contributed by atoms with Crippen molar-refractivity contribution < 1.29 is 18.0 Å². The number of carbonyl (C=O) groups excluding carboxylic acids is 2. The van der Waals surface area contributed by atoms with Crippen LogP contribution >= 0.6 is 15.9 Å². The van der Waals surface area contributed by atoms with Crippen LogP contribution in [0.4, 0.5) is 5.69 Å². The third-order valence-corrected chi connectivity index (χ3v) is 9.73. The van der Waals surface area contributed by atoms with Gasteiger partial charge in [-0.05, 0) is 61.1 Å². The van der Waals surface area contributed by atoms with Gasteiger partial charge in [-0.1, -0.05) is 95.9 Å². The highest BCUT2D eigenvalue weighted by Gasteiger charge is 2.32. The fourth-order valence-electron chi connectivity index (χ4n) is 5.71. The summed E-state index contributed by atoms with van der Waals surface area (Å²) in [6, 6.07) is 24.3. The third kappa shape index (κ3) is 9.66. The summed E-state index contributed by atoms with van der Waals surface area (Å²) in [6.07, 6.45) is 7.26. The van der Waals surface area contributed by atoms with Gasteiger partial charge in [-0.15, -0.1) is 0 Å². The topological polar surface area (TPSA) is 86.8 Å². The lowest BCUT2D eigenvalue weighted by Crippen LogP contribution is -2.52. The van der Waals surface area contributed by atoms with Gasteiger partial charge in [0.1, 0.15) is 6.04 Å². The summed E-state index contributed by atoms with van der Waals surface area (Å²) in [6.45, 7) is 2.31. The number of rotatable bonds is 13.